The van der Waals surface area contributed by atoms with Gasteiger partial charge in [-0.05, 0) is 35.6 Å². The first-order valence-electron chi connectivity index (χ1n) is 9.15. The summed E-state index contributed by atoms with van der Waals surface area (Å²) in [6.07, 6.45) is 0.707. The number of amides is 1. The summed E-state index contributed by atoms with van der Waals surface area (Å²) in [5.74, 6) is -0.404. The zero-order chi connectivity index (χ0) is 17.9. The third kappa shape index (κ3) is 3.79. The molecule has 0 spiro atoms. The van der Waals surface area contributed by atoms with Crippen LogP contribution in [-0.4, -0.2) is 37.1 Å². The van der Waals surface area contributed by atoms with Crippen LogP contribution in [0, 0.1) is 11.7 Å². The zero-order valence-electron chi connectivity index (χ0n) is 14.7. The third-order valence-electron chi connectivity index (χ3n) is 5.20. The second kappa shape index (κ2) is 7.56. The van der Waals surface area contributed by atoms with E-state index in [0.717, 1.165) is 44.1 Å². The number of carbonyl (C=O) groups excluding carboxylic acids is 1. The molecule has 4 nitrogen and oxygen atoms in total. The van der Waals surface area contributed by atoms with Gasteiger partial charge in [0.25, 0.3) is 0 Å². The number of morpholine rings is 1. The normalized spacial score (nSPS) is 22.8. The van der Waals surface area contributed by atoms with Crippen LogP contribution in [0.15, 0.2) is 48.5 Å². The van der Waals surface area contributed by atoms with Gasteiger partial charge in [-0.15, -0.1) is 0 Å². The van der Waals surface area contributed by atoms with E-state index in [-0.39, 0.29) is 23.6 Å². The average molecular weight is 354 g/mol. The molecule has 1 saturated heterocycles. The van der Waals surface area contributed by atoms with Crippen LogP contribution in [0.3, 0.4) is 0 Å². The molecule has 1 saturated carbocycles. The van der Waals surface area contributed by atoms with E-state index in [9.17, 15) is 9.18 Å². The van der Waals surface area contributed by atoms with Gasteiger partial charge in [0, 0.05) is 31.2 Å². The van der Waals surface area contributed by atoms with E-state index in [1.807, 2.05) is 30.3 Å². The Bertz CT molecular complexity index is 789. The van der Waals surface area contributed by atoms with Crippen LogP contribution in [0.25, 0.3) is 0 Å². The number of anilines is 1. The molecule has 2 fully saturated rings. The van der Waals surface area contributed by atoms with Crippen LogP contribution in [0.1, 0.15) is 23.5 Å². The van der Waals surface area contributed by atoms with Crippen molar-refractivity contribution in [2.24, 2.45) is 5.92 Å². The van der Waals surface area contributed by atoms with Crippen molar-refractivity contribution in [3.8, 4) is 0 Å². The zero-order valence-corrected chi connectivity index (χ0v) is 14.7. The van der Waals surface area contributed by atoms with Crippen molar-refractivity contribution >= 4 is 11.6 Å². The van der Waals surface area contributed by atoms with E-state index < -0.39 is 0 Å². The SMILES string of the molecule is O=C(Nc1ccccc1CN1CCOCC1)[C@@H]1C[C@@H]1c1ccccc1F. The van der Waals surface area contributed by atoms with Crippen LogP contribution in [-0.2, 0) is 16.1 Å². The maximum absolute atomic E-state index is 13.9. The molecule has 5 heteroatoms. The molecule has 2 atom stereocenters. The maximum atomic E-state index is 13.9. The molecule has 0 aromatic heterocycles. The fourth-order valence-electron chi connectivity index (χ4n) is 3.61. The number of nitrogens with one attached hydrogen (secondary N) is 1. The first-order valence-corrected chi connectivity index (χ1v) is 9.15. The first kappa shape index (κ1) is 17.2. The molecule has 2 aliphatic rings. The average Bonchev–Trinajstić information content (AvgIpc) is 3.45. The van der Waals surface area contributed by atoms with E-state index in [0.29, 0.717) is 12.0 Å². The summed E-state index contributed by atoms with van der Waals surface area (Å²) in [6, 6.07) is 14.6. The summed E-state index contributed by atoms with van der Waals surface area (Å²) in [5, 5.41) is 3.06. The fourth-order valence-corrected chi connectivity index (χ4v) is 3.61. The second-order valence-electron chi connectivity index (χ2n) is 7.01. The van der Waals surface area contributed by atoms with Gasteiger partial charge in [-0.1, -0.05) is 36.4 Å². The van der Waals surface area contributed by atoms with Crippen molar-refractivity contribution in [1.29, 1.82) is 0 Å². The van der Waals surface area contributed by atoms with Gasteiger partial charge in [0.1, 0.15) is 5.82 Å². The Labute approximate surface area is 153 Å². The van der Waals surface area contributed by atoms with Crippen LogP contribution in [0.2, 0.25) is 0 Å². The van der Waals surface area contributed by atoms with Crippen LogP contribution in [0.5, 0.6) is 0 Å². The maximum Gasteiger partial charge on any atom is 0.228 e. The van der Waals surface area contributed by atoms with Crippen LogP contribution < -0.4 is 5.32 Å². The molecule has 1 N–H and O–H groups in total. The van der Waals surface area contributed by atoms with Gasteiger partial charge in [-0.2, -0.15) is 0 Å². The third-order valence-corrected chi connectivity index (χ3v) is 5.20. The Hall–Kier alpha value is -2.24. The Balaban J connectivity index is 1.41. The van der Waals surface area contributed by atoms with Gasteiger partial charge in [-0.25, -0.2) is 4.39 Å². The topological polar surface area (TPSA) is 41.6 Å². The molecule has 1 amide bonds. The Morgan fingerprint density at radius 1 is 1.12 bits per heavy atom. The molecule has 1 aliphatic heterocycles. The number of rotatable bonds is 5. The number of para-hydroxylation sites is 1. The number of hydrogen-bond acceptors (Lipinski definition) is 3. The van der Waals surface area contributed by atoms with E-state index in [4.69, 9.17) is 4.74 Å². The molecule has 26 heavy (non-hydrogen) atoms. The highest BCUT2D eigenvalue weighted by atomic mass is 19.1. The van der Waals surface area contributed by atoms with E-state index in [2.05, 4.69) is 10.2 Å². The second-order valence-corrected chi connectivity index (χ2v) is 7.01. The Morgan fingerprint density at radius 3 is 2.65 bits per heavy atom. The Kier molecular flexibility index (Phi) is 5.00. The van der Waals surface area contributed by atoms with Crippen molar-refractivity contribution in [1.82, 2.24) is 4.90 Å². The highest BCUT2D eigenvalue weighted by Gasteiger charge is 2.45. The summed E-state index contributed by atoms with van der Waals surface area (Å²) in [7, 11) is 0. The number of halogens is 1. The van der Waals surface area contributed by atoms with Gasteiger partial charge in [0.2, 0.25) is 5.91 Å². The molecule has 0 unspecified atom stereocenters. The molecule has 4 rings (SSSR count). The molecule has 0 radical (unpaired) electrons. The highest BCUT2D eigenvalue weighted by Crippen LogP contribution is 2.48. The van der Waals surface area contributed by atoms with Crippen LogP contribution >= 0.6 is 0 Å². The monoisotopic (exact) mass is 354 g/mol. The minimum atomic E-state index is -0.222. The largest absolute Gasteiger partial charge is 0.379 e. The lowest BCUT2D eigenvalue weighted by Gasteiger charge is -2.27. The molecule has 0 bridgehead atoms. The van der Waals surface area contributed by atoms with Crippen LogP contribution in [0.4, 0.5) is 10.1 Å². The molecule has 1 aliphatic carbocycles. The summed E-state index contributed by atoms with van der Waals surface area (Å²) in [5.41, 5.74) is 2.60. The lowest BCUT2D eigenvalue weighted by Crippen LogP contribution is -2.35. The van der Waals surface area contributed by atoms with Crippen molar-refractivity contribution in [3.05, 3.63) is 65.5 Å². The van der Waals surface area contributed by atoms with Gasteiger partial charge < -0.3 is 10.1 Å². The van der Waals surface area contributed by atoms with Gasteiger partial charge >= 0.3 is 0 Å². The Morgan fingerprint density at radius 2 is 1.85 bits per heavy atom. The summed E-state index contributed by atoms with van der Waals surface area (Å²) in [4.78, 5) is 15.0. The minimum absolute atomic E-state index is 0.0115. The van der Waals surface area contributed by atoms with Crippen molar-refractivity contribution in [2.75, 3.05) is 31.6 Å². The molecule has 2 aromatic carbocycles. The lowest BCUT2D eigenvalue weighted by atomic mass is 10.1. The number of benzene rings is 2. The number of nitrogens with zero attached hydrogens (tertiary/aromatic N) is 1. The summed E-state index contributed by atoms with van der Waals surface area (Å²) < 4.78 is 19.3. The van der Waals surface area contributed by atoms with Crippen molar-refractivity contribution in [2.45, 2.75) is 18.9 Å². The first-order chi connectivity index (χ1) is 12.7. The number of carbonyl (C=O) groups is 1. The molecule has 1 heterocycles. The predicted molar refractivity (Wildman–Crippen MR) is 98.4 cm³/mol. The number of ether oxygens (including phenoxy) is 1. The number of hydrogen-bond donors (Lipinski definition) is 1. The lowest BCUT2D eigenvalue weighted by molar-refractivity contribution is -0.117. The van der Waals surface area contributed by atoms with Crippen molar-refractivity contribution < 1.29 is 13.9 Å². The predicted octanol–water partition coefficient (Wildman–Crippen LogP) is 3.40. The van der Waals surface area contributed by atoms with Gasteiger partial charge in [0.15, 0.2) is 0 Å². The quantitative estimate of drug-likeness (QED) is 0.895. The van der Waals surface area contributed by atoms with Gasteiger partial charge in [0.05, 0.1) is 13.2 Å². The van der Waals surface area contributed by atoms with E-state index >= 15 is 0 Å². The standard InChI is InChI=1S/C21H23FN2O2/c22-19-7-3-2-6-16(19)17-13-18(17)21(25)23-20-8-4-1-5-15(20)14-24-9-11-26-12-10-24/h1-8,17-18H,9-14H2,(H,23,25)/t17-,18-/m1/s1. The molecule has 136 valence electrons. The molecule has 2 aromatic rings. The van der Waals surface area contributed by atoms with E-state index in [1.165, 1.54) is 6.07 Å². The fraction of sp³-hybridized carbons (Fsp3) is 0.381. The van der Waals surface area contributed by atoms with Gasteiger partial charge in [-0.3, -0.25) is 9.69 Å². The highest BCUT2D eigenvalue weighted by molar-refractivity contribution is 5.95. The van der Waals surface area contributed by atoms with Crippen molar-refractivity contribution in [3.63, 3.8) is 0 Å². The minimum Gasteiger partial charge on any atom is -0.379 e. The molecular formula is C21H23FN2O2. The smallest absolute Gasteiger partial charge is 0.228 e. The molecular weight excluding hydrogens is 331 g/mol. The summed E-state index contributed by atoms with van der Waals surface area (Å²) in [6.45, 7) is 4.10. The van der Waals surface area contributed by atoms with E-state index in [1.54, 1.807) is 12.1 Å². The summed E-state index contributed by atoms with van der Waals surface area (Å²) >= 11 is 0.